The molecule has 1 aliphatic rings. The summed E-state index contributed by atoms with van der Waals surface area (Å²) in [6, 6.07) is 10.8. The van der Waals surface area contributed by atoms with Crippen molar-refractivity contribution in [3.05, 3.63) is 59.7 Å². The number of rotatable bonds is 5. The smallest absolute Gasteiger partial charge is 0.228 e. The van der Waals surface area contributed by atoms with Gasteiger partial charge in [-0.2, -0.15) is 0 Å². The molecule has 1 saturated carbocycles. The fraction of sp³-hybridized carbons (Fsp3) is 0.263. The van der Waals surface area contributed by atoms with Gasteiger partial charge in [-0.15, -0.1) is 0 Å². The average Bonchev–Trinajstić information content (AvgIpc) is 3.40. The topological polar surface area (TPSA) is 58.2 Å². The Bertz CT molecular complexity index is 785. The van der Waals surface area contributed by atoms with Crippen LogP contribution >= 0.6 is 0 Å². The fourth-order valence-electron chi connectivity index (χ4n) is 2.67. The Morgan fingerprint density at radius 3 is 2.08 bits per heavy atom. The highest BCUT2D eigenvalue weighted by Gasteiger charge is 2.48. The number of para-hydroxylation sites is 1. The number of benzene rings is 2. The van der Waals surface area contributed by atoms with E-state index in [0.717, 1.165) is 24.1 Å². The first-order valence-corrected chi connectivity index (χ1v) is 8.14. The lowest BCUT2D eigenvalue weighted by atomic mass is 10.1. The minimum Gasteiger partial charge on any atom is -0.326 e. The number of hydrogen-bond donors (Lipinski definition) is 2. The third-order valence-corrected chi connectivity index (χ3v) is 4.30. The van der Waals surface area contributed by atoms with Crippen LogP contribution in [0.1, 0.15) is 18.9 Å². The van der Waals surface area contributed by atoms with Gasteiger partial charge in [0.25, 0.3) is 0 Å². The predicted octanol–water partition coefficient (Wildman–Crippen LogP) is 3.74. The molecule has 1 fully saturated rings. The minimum absolute atomic E-state index is 0.265. The van der Waals surface area contributed by atoms with Crippen LogP contribution in [0.2, 0.25) is 0 Å². The number of halogens is 2. The van der Waals surface area contributed by atoms with Crippen molar-refractivity contribution in [1.82, 2.24) is 0 Å². The summed E-state index contributed by atoms with van der Waals surface area (Å²) in [7, 11) is 0. The van der Waals surface area contributed by atoms with Gasteiger partial charge in [0.05, 0.1) is 11.8 Å². The van der Waals surface area contributed by atoms with Crippen LogP contribution in [0.3, 0.4) is 0 Å². The molecule has 2 aromatic rings. The second kappa shape index (κ2) is 7.01. The SMILES string of the molecule is CCc1ccc(NC(=O)C2CC2C(=O)Nc2c(F)cccc2F)cc1. The van der Waals surface area contributed by atoms with Crippen molar-refractivity contribution in [3.63, 3.8) is 0 Å². The molecule has 1 aliphatic carbocycles. The van der Waals surface area contributed by atoms with Crippen LogP contribution in [0.15, 0.2) is 42.5 Å². The van der Waals surface area contributed by atoms with Gasteiger partial charge >= 0.3 is 0 Å². The minimum atomic E-state index is -0.842. The van der Waals surface area contributed by atoms with Crippen molar-refractivity contribution in [2.45, 2.75) is 19.8 Å². The van der Waals surface area contributed by atoms with E-state index in [9.17, 15) is 18.4 Å². The maximum Gasteiger partial charge on any atom is 0.228 e. The fourth-order valence-corrected chi connectivity index (χ4v) is 2.67. The first-order chi connectivity index (χ1) is 12.0. The summed E-state index contributed by atoms with van der Waals surface area (Å²) in [6.07, 6.45) is 1.27. The van der Waals surface area contributed by atoms with E-state index in [1.807, 2.05) is 31.2 Å². The lowest BCUT2D eigenvalue weighted by Gasteiger charge is -2.08. The molecule has 0 bridgehead atoms. The van der Waals surface area contributed by atoms with E-state index < -0.39 is 35.1 Å². The van der Waals surface area contributed by atoms with Gasteiger partial charge < -0.3 is 10.6 Å². The van der Waals surface area contributed by atoms with Gasteiger partial charge in [0.15, 0.2) is 0 Å². The molecule has 0 aromatic heterocycles. The number of anilines is 2. The summed E-state index contributed by atoms with van der Waals surface area (Å²) >= 11 is 0. The molecule has 25 heavy (non-hydrogen) atoms. The molecule has 2 atom stereocenters. The monoisotopic (exact) mass is 344 g/mol. The van der Waals surface area contributed by atoms with E-state index in [2.05, 4.69) is 10.6 Å². The number of amides is 2. The summed E-state index contributed by atoms with van der Waals surface area (Å²) in [5.74, 6) is -3.56. The van der Waals surface area contributed by atoms with Gasteiger partial charge in [-0.25, -0.2) is 8.78 Å². The van der Waals surface area contributed by atoms with Crippen LogP contribution in [-0.4, -0.2) is 11.8 Å². The Labute approximate surface area is 144 Å². The zero-order valence-electron chi connectivity index (χ0n) is 13.7. The van der Waals surface area contributed by atoms with Crippen molar-refractivity contribution >= 4 is 23.2 Å². The van der Waals surface area contributed by atoms with Crippen LogP contribution in [-0.2, 0) is 16.0 Å². The highest BCUT2D eigenvalue weighted by molar-refractivity contribution is 6.03. The van der Waals surface area contributed by atoms with E-state index >= 15 is 0 Å². The van der Waals surface area contributed by atoms with Crippen molar-refractivity contribution in [1.29, 1.82) is 0 Å². The molecular formula is C19H18F2N2O2. The summed E-state index contributed by atoms with van der Waals surface area (Å²) in [6.45, 7) is 2.04. The maximum atomic E-state index is 13.6. The zero-order chi connectivity index (χ0) is 18.0. The molecule has 0 heterocycles. The molecule has 2 unspecified atom stereocenters. The quantitative estimate of drug-likeness (QED) is 0.868. The number of hydrogen-bond acceptors (Lipinski definition) is 2. The molecule has 6 heteroatoms. The number of nitrogens with one attached hydrogen (secondary N) is 2. The Kier molecular flexibility index (Phi) is 4.79. The van der Waals surface area contributed by atoms with Crippen molar-refractivity contribution in [2.24, 2.45) is 11.8 Å². The first-order valence-electron chi connectivity index (χ1n) is 8.14. The lowest BCUT2D eigenvalue weighted by Crippen LogP contribution is -2.21. The normalized spacial score (nSPS) is 18.5. The Hall–Kier alpha value is -2.76. The van der Waals surface area contributed by atoms with Crippen LogP contribution in [0, 0.1) is 23.5 Å². The van der Waals surface area contributed by atoms with Crippen molar-refractivity contribution in [3.8, 4) is 0 Å². The van der Waals surface area contributed by atoms with Gasteiger partial charge in [0, 0.05) is 5.69 Å². The van der Waals surface area contributed by atoms with Gasteiger partial charge in [-0.05, 0) is 42.7 Å². The second-order valence-electron chi connectivity index (χ2n) is 6.07. The molecule has 130 valence electrons. The summed E-state index contributed by atoms with van der Waals surface area (Å²) in [4.78, 5) is 24.3. The molecular weight excluding hydrogens is 326 g/mol. The maximum absolute atomic E-state index is 13.6. The molecule has 0 aliphatic heterocycles. The summed E-state index contributed by atoms with van der Waals surface area (Å²) in [5, 5.41) is 4.99. The Balaban J connectivity index is 1.57. The highest BCUT2D eigenvalue weighted by atomic mass is 19.1. The Morgan fingerprint density at radius 2 is 1.52 bits per heavy atom. The van der Waals surface area contributed by atoms with Crippen LogP contribution < -0.4 is 10.6 Å². The third-order valence-electron chi connectivity index (χ3n) is 4.30. The van der Waals surface area contributed by atoms with Crippen LogP contribution in [0.25, 0.3) is 0 Å². The van der Waals surface area contributed by atoms with Gasteiger partial charge in [-0.1, -0.05) is 25.1 Å². The average molecular weight is 344 g/mol. The molecule has 2 amide bonds. The standard InChI is InChI=1S/C19H18F2N2O2/c1-2-11-6-8-12(9-7-11)22-18(24)13-10-14(13)19(25)23-17-15(20)4-3-5-16(17)21/h3-9,13-14H,2,10H2,1H3,(H,22,24)(H,23,25). The first kappa shape index (κ1) is 17.1. The van der Waals surface area contributed by atoms with Crippen LogP contribution in [0.4, 0.5) is 20.2 Å². The largest absolute Gasteiger partial charge is 0.326 e. The number of carbonyl (C=O) groups excluding carboxylic acids is 2. The lowest BCUT2D eigenvalue weighted by molar-refractivity contribution is -0.122. The molecule has 0 radical (unpaired) electrons. The van der Waals surface area contributed by atoms with E-state index in [1.165, 1.54) is 6.07 Å². The number of aryl methyl sites for hydroxylation is 1. The van der Waals surface area contributed by atoms with Gasteiger partial charge in [0.2, 0.25) is 11.8 Å². The van der Waals surface area contributed by atoms with E-state index in [1.54, 1.807) is 0 Å². The number of carbonyl (C=O) groups is 2. The van der Waals surface area contributed by atoms with E-state index in [-0.39, 0.29) is 5.91 Å². The zero-order valence-corrected chi connectivity index (χ0v) is 13.7. The molecule has 4 nitrogen and oxygen atoms in total. The predicted molar refractivity (Wildman–Crippen MR) is 91.0 cm³/mol. The molecule has 0 spiro atoms. The van der Waals surface area contributed by atoms with Gasteiger partial charge in [0.1, 0.15) is 17.3 Å². The summed E-state index contributed by atoms with van der Waals surface area (Å²) in [5.41, 5.74) is 1.34. The van der Waals surface area contributed by atoms with E-state index in [0.29, 0.717) is 12.1 Å². The van der Waals surface area contributed by atoms with Gasteiger partial charge in [-0.3, -0.25) is 9.59 Å². The van der Waals surface area contributed by atoms with Crippen LogP contribution in [0.5, 0.6) is 0 Å². The molecule has 2 N–H and O–H groups in total. The summed E-state index contributed by atoms with van der Waals surface area (Å²) < 4.78 is 27.1. The van der Waals surface area contributed by atoms with Crippen molar-refractivity contribution < 1.29 is 18.4 Å². The second-order valence-corrected chi connectivity index (χ2v) is 6.07. The Morgan fingerprint density at radius 1 is 0.960 bits per heavy atom. The molecule has 2 aromatic carbocycles. The third kappa shape index (κ3) is 3.84. The molecule has 3 rings (SSSR count). The van der Waals surface area contributed by atoms with Crippen molar-refractivity contribution in [2.75, 3.05) is 10.6 Å². The van der Waals surface area contributed by atoms with E-state index in [4.69, 9.17) is 0 Å². The highest BCUT2D eigenvalue weighted by Crippen LogP contribution is 2.40. The molecule has 0 saturated heterocycles.